The van der Waals surface area contributed by atoms with E-state index in [1.165, 1.54) is 31.4 Å². The molecule has 1 N–H and O–H groups in total. The van der Waals surface area contributed by atoms with E-state index in [2.05, 4.69) is 40.0 Å². The maximum absolute atomic E-state index is 4.41. The van der Waals surface area contributed by atoms with Crippen molar-refractivity contribution in [3.05, 3.63) is 18.0 Å². The molecule has 0 aromatic carbocycles. The normalized spacial score (nSPS) is 20.1. The summed E-state index contributed by atoms with van der Waals surface area (Å²) in [4.78, 5) is 2.52. The molecule has 19 heavy (non-hydrogen) atoms. The molecule has 0 bridgehead atoms. The van der Waals surface area contributed by atoms with E-state index in [0.29, 0.717) is 6.04 Å². The van der Waals surface area contributed by atoms with Gasteiger partial charge in [-0.3, -0.25) is 9.58 Å². The second kappa shape index (κ2) is 7.65. The largest absolute Gasteiger partial charge is 0.313 e. The first-order valence-electron chi connectivity index (χ1n) is 7.79. The van der Waals surface area contributed by atoms with Crippen molar-refractivity contribution < 1.29 is 0 Å². The molecule has 1 fully saturated rings. The zero-order chi connectivity index (χ0) is 13.5. The molecule has 1 aromatic rings. The molecule has 1 unspecified atom stereocenters. The third-order valence-corrected chi connectivity index (χ3v) is 3.88. The topological polar surface area (TPSA) is 33.1 Å². The molecule has 0 radical (unpaired) electrons. The van der Waals surface area contributed by atoms with Crippen molar-refractivity contribution in [3.8, 4) is 0 Å². The number of aryl methyl sites for hydroxylation is 1. The van der Waals surface area contributed by atoms with Gasteiger partial charge in [0.25, 0.3) is 0 Å². The van der Waals surface area contributed by atoms with E-state index in [1.54, 1.807) is 0 Å². The van der Waals surface area contributed by atoms with Gasteiger partial charge in [-0.05, 0) is 32.4 Å². The van der Waals surface area contributed by atoms with Crippen LogP contribution < -0.4 is 5.32 Å². The van der Waals surface area contributed by atoms with Crippen molar-refractivity contribution in [3.63, 3.8) is 0 Å². The molecule has 4 nitrogen and oxygen atoms in total. The Bertz CT molecular complexity index is 355. The SMILES string of the molecule is CCCn1cc(CN(CC)CC2CCCCN2)cn1. The predicted octanol–water partition coefficient (Wildman–Crippen LogP) is 2.26. The van der Waals surface area contributed by atoms with Crippen LogP contribution in [0, 0.1) is 0 Å². The van der Waals surface area contributed by atoms with E-state index in [9.17, 15) is 0 Å². The fourth-order valence-corrected chi connectivity index (χ4v) is 2.79. The Hall–Kier alpha value is -0.870. The van der Waals surface area contributed by atoms with Gasteiger partial charge >= 0.3 is 0 Å². The van der Waals surface area contributed by atoms with Crippen LogP contribution in [0.4, 0.5) is 0 Å². The lowest BCUT2D eigenvalue weighted by molar-refractivity contribution is 0.226. The highest BCUT2D eigenvalue weighted by atomic mass is 15.3. The molecule has 2 rings (SSSR count). The Morgan fingerprint density at radius 1 is 1.42 bits per heavy atom. The van der Waals surface area contributed by atoms with Crippen molar-refractivity contribution in [1.29, 1.82) is 0 Å². The van der Waals surface area contributed by atoms with Gasteiger partial charge in [-0.15, -0.1) is 0 Å². The average Bonchev–Trinajstić information content (AvgIpc) is 2.87. The Morgan fingerprint density at radius 2 is 2.32 bits per heavy atom. The minimum absolute atomic E-state index is 0.680. The van der Waals surface area contributed by atoms with E-state index in [1.807, 2.05) is 6.20 Å². The van der Waals surface area contributed by atoms with Crippen molar-refractivity contribution in [2.24, 2.45) is 0 Å². The first kappa shape index (κ1) is 14.5. The molecule has 0 amide bonds. The monoisotopic (exact) mass is 264 g/mol. The molecule has 1 aromatic heterocycles. The van der Waals surface area contributed by atoms with Gasteiger partial charge in [-0.25, -0.2) is 0 Å². The van der Waals surface area contributed by atoms with Gasteiger partial charge in [-0.1, -0.05) is 20.3 Å². The molecule has 2 heterocycles. The second-order valence-electron chi connectivity index (χ2n) is 5.59. The molecule has 0 spiro atoms. The number of aromatic nitrogens is 2. The number of rotatable bonds is 7. The molecule has 0 aliphatic carbocycles. The summed E-state index contributed by atoms with van der Waals surface area (Å²) in [6.45, 7) is 9.95. The maximum atomic E-state index is 4.41. The van der Waals surface area contributed by atoms with Crippen LogP contribution in [-0.2, 0) is 13.1 Å². The van der Waals surface area contributed by atoms with Crippen molar-refractivity contribution in [2.45, 2.75) is 58.7 Å². The minimum atomic E-state index is 0.680. The number of likely N-dealkylation sites (N-methyl/N-ethyl adjacent to an activating group) is 1. The molecule has 1 saturated heterocycles. The fraction of sp³-hybridized carbons (Fsp3) is 0.800. The third-order valence-electron chi connectivity index (χ3n) is 3.88. The van der Waals surface area contributed by atoms with Crippen molar-refractivity contribution >= 4 is 0 Å². The second-order valence-corrected chi connectivity index (χ2v) is 5.59. The summed E-state index contributed by atoms with van der Waals surface area (Å²) in [5, 5.41) is 8.05. The van der Waals surface area contributed by atoms with Gasteiger partial charge in [0.15, 0.2) is 0 Å². The van der Waals surface area contributed by atoms with E-state index in [4.69, 9.17) is 0 Å². The van der Waals surface area contributed by atoms with Gasteiger partial charge in [0.1, 0.15) is 0 Å². The molecular formula is C15H28N4. The van der Waals surface area contributed by atoms with Gasteiger partial charge in [0.2, 0.25) is 0 Å². The number of nitrogens with zero attached hydrogens (tertiary/aromatic N) is 3. The lowest BCUT2D eigenvalue weighted by atomic mass is 10.0. The molecule has 0 saturated carbocycles. The maximum Gasteiger partial charge on any atom is 0.0534 e. The molecule has 1 atom stereocenters. The zero-order valence-corrected chi connectivity index (χ0v) is 12.4. The first-order chi connectivity index (χ1) is 9.31. The summed E-state index contributed by atoms with van der Waals surface area (Å²) in [6.07, 6.45) is 9.40. The van der Waals surface area contributed by atoms with Crippen LogP contribution in [-0.4, -0.2) is 40.4 Å². The van der Waals surface area contributed by atoms with Crippen LogP contribution in [0.1, 0.15) is 45.1 Å². The van der Waals surface area contributed by atoms with Gasteiger partial charge in [0.05, 0.1) is 6.20 Å². The first-order valence-corrected chi connectivity index (χ1v) is 7.79. The number of hydrogen-bond donors (Lipinski definition) is 1. The molecule has 1 aliphatic rings. The Labute approximate surface area is 117 Å². The quantitative estimate of drug-likeness (QED) is 0.820. The van der Waals surface area contributed by atoms with Gasteiger partial charge in [-0.2, -0.15) is 5.10 Å². The lowest BCUT2D eigenvalue weighted by Gasteiger charge is -2.29. The van der Waals surface area contributed by atoms with Crippen molar-refractivity contribution in [2.75, 3.05) is 19.6 Å². The Morgan fingerprint density at radius 3 is 3.00 bits per heavy atom. The molecule has 4 heteroatoms. The predicted molar refractivity (Wildman–Crippen MR) is 79.1 cm³/mol. The van der Waals surface area contributed by atoms with E-state index < -0.39 is 0 Å². The summed E-state index contributed by atoms with van der Waals surface area (Å²) in [5.41, 5.74) is 1.34. The summed E-state index contributed by atoms with van der Waals surface area (Å²) in [6, 6.07) is 0.680. The summed E-state index contributed by atoms with van der Waals surface area (Å²) < 4.78 is 2.06. The summed E-state index contributed by atoms with van der Waals surface area (Å²) >= 11 is 0. The Balaban J connectivity index is 1.83. The lowest BCUT2D eigenvalue weighted by Crippen LogP contribution is -2.43. The average molecular weight is 264 g/mol. The highest BCUT2D eigenvalue weighted by Crippen LogP contribution is 2.11. The fourth-order valence-electron chi connectivity index (χ4n) is 2.79. The van der Waals surface area contributed by atoms with Crippen LogP contribution in [0.3, 0.4) is 0 Å². The van der Waals surface area contributed by atoms with Crippen molar-refractivity contribution in [1.82, 2.24) is 20.0 Å². The minimum Gasteiger partial charge on any atom is -0.313 e. The number of piperidine rings is 1. The van der Waals surface area contributed by atoms with Gasteiger partial charge in [0, 0.05) is 37.4 Å². The number of nitrogens with one attached hydrogen (secondary N) is 1. The van der Waals surface area contributed by atoms with Crippen LogP contribution in [0.15, 0.2) is 12.4 Å². The summed E-state index contributed by atoms with van der Waals surface area (Å²) in [5.74, 6) is 0. The van der Waals surface area contributed by atoms with E-state index in [-0.39, 0.29) is 0 Å². The Kier molecular flexibility index (Phi) is 5.86. The van der Waals surface area contributed by atoms with E-state index in [0.717, 1.165) is 32.6 Å². The molecule has 1 aliphatic heterocycles. The standard InChI is InChI=1S/C15H28N4/c1-3-9-19-12-14(10-17-19)11-18(4-2)13-15-7-5-6-8-16-15/h10,12,15-16H,3-9,11,13H2,1-2H3. The molecular weight excluding hydrogens is 236 g/mol. The van der Waals surface area contributed by atoms with Crippen LogP contribution in [0.2, 0.25) is 0 Å². The molecule has 108 valence electrons. The highest BCUT2D eigenvalue weighted by Gasteiger charge is 2.16. The van der Waals surface area contributed by atoms with Gasteiger partial charge < -0.3 is 5.32 Å². The van der Waals surface area contributed by atoms with E-state index >= 15 is 0 Å². The summed E-state index contributed by atoms with van der Waals surface area (Å²) in [7, 11) is 0. The smallest absolute Gasteiger partial charge is 0.0534 e. The van der Waals surface area contributed by atoms with Crippen LogP contribution in [0.5, 0.6) is 0 Å². The van der Waals surface area contributed by atoms with Crippen LogP contribution in [0.25, 0.3) is 0 Å². The highest BCUT2D eigenvalue weighted by molar-refractivity contribution is 5.03. The third kappa shape index (κ3) is 4.62. The van der Waals surface area contributed by atoms with Crippen LogP contribution >= 0.6 is 0 Å². The number of hydrogen-bond acceptors (Lipinski definition) is 3. The zero-order valence-electron chi connectivity index (χ0n) is 12.4.